The predicted octanol–water partition coefficient (Wildman–Crippen LogP) is 3.51. The molecule has 0 fully saturated rings. The van der Waals surface area contributed by atoms with Crippen molar-refractivity contribution < 1.29 is 13.2 Å². The summed E-state index contributed by atoms with van der Waals surface area (Å²) in [5, 5.41) is 2.97. The summed E-state index contributed by atoms with van der Waals surface area (Å²) in [5.41, 5.74) is 3.05. The first-order chi connectivity index (χ1) is 15.4. The molecule has 0 atom stereocenters. The molecule has 172 valence electrons. The monoisotopic (exact) mass is 456 g/mol. The number of nitrogens with zero attached hydrogens (tertiary/aromatic N) is 3. The Morgan fingerprint density at radius 2 is 1.75 bits per heavy atom. The summed E-state index contributed by atoms with van der Waals surface area (Å²) in [5.74, 6) is 0.973. The van der Waals surface area contributed by atoms with Crippen molar-refractivity contribution >= 4 is 27.0 Å². The van der Waals surface area contributed by atoms with Gasteiger partial charge in [-0.15, -0.1) is 0 Å². The van der Waals surface area contributed by atoms with E-state index in [0.717, 1.165) is 35.4 Å². The lowest BCUT2D eigenvalue weighted by molar-refractivity contribution is -0.121. The number of sulfonamides is 1. The van der Waals surface area contributed by atoms with Crippen molar-refractivity contribution in [1.82, 2.24) is 19.2 Å². The molecular weight excluding hydrogens is 424 g/mol. The molecule has 0 aliphatic heterocycles. The molecular formula is C24H32N4O3S. The zero-order valence-electron chi connectivity index (χ0n) is 19.0. The van der Waals surface area contributed by atoms with E-state index >= 15 is 0 Å². The van der Waals surface area contributed by atoms with Crippen molar-refractivity contribution in [1.29, 1.82) is 0 Å². The van der Waals surface area contributed by atoms with Crippen LogP contribution in [0.25, 0.3) is 11.0 Å². The summed E-state index contributed by atoms with van der Waals surface area (Å²) in [6.45, 7) is 7.94. The van der Waals surface area contributed by atoms with Gasteiger partial charge < -0.3 is 9.88 Å². The summed E-state index contributed by atoms with van der Waals surface area (Å²) in [6, 6.07) is 14.9. The Morgan fingerprint density at radius 3 is 2.44 bits per heavy atom. The molecule has 0 aliphatic carbocycles. The zero-order valence-corrected chi connectivity index (χ0v) is 19.9. The van der Waals surface area contributed by atoms with Crippen LogP contribution in [-0.4, -0.2) is 47.8 Å². The van der Waals surface area contributed by atoms with Gasteiger partial charge in [-0.3, -0.25) is 4.79 Å². The number of hydrogen-bond donors (Lipinski definition) is 1. The maximum atomic E-state index is 12.6. The van der Waals surface area contributed by atoms with Gasteiger partial charge in [-0.05, 0) is 49.6 Å². The third-order valence-corrected chi connectivity index (χ3v) is 7.70. The van der Waals surface area contributed by atoms with Gasteiger partial charge in [0.05, 0.1) is 15.9 Å². The zero-order chi connectivity index (χ0) is 23.1. The number of benzene rings is 2. The molecule has 8 heteroatoms. The molecule has 1 amide bonds. The Morgan fingerprint density at radius 1 is 1.06 bits per heavy atom. The van der Waals surface area contributed by atoms with E-state index in [9.17, 15) is 13.2 Å². The van der Waals surface area contributed by atoms with Crippen LogP contribution in [0.15, 0.2) is 53.4 Å². The largest absolute Gasteiger partial charge is 0.356 e. The topological polar surface area (TPSA) is 84.3 Å². The molecule has 0 spiro atoms. The van der Waals surface area contributed by atoms with Crippen LogP contribution in [0, 0.1) is 6.92 Å². The third-order valence-electron chi connectivity index (χ3n) is 5.63. The van der Waals surface area contributed by atoms with E-state index < -0.39 is 10.0 Å². The van der Waals surface area contributed by atoms with Gasteiger partial charge in [0, 0.05) is 32.6 Å². The molecule has 3 aromatic rings. The fraction of sp³-hybridized carbons (Fsp3) is 0.417. The molecule has 32 heavy (non-hydrogen) atoms. The molecule has 7 nitrogen and oxygen atoms in total. The van der Waals surface area contributed by atoms with E-state index in [1.165, 1.54) is 4.31 Å². The number of rotatable bonds is 11. The molecule has 2 aromatic carbocycles. The lowest BCUT2D eigenvalue weighted by atomic mass is 10.1. The van der Waals surface area contributed by atoms with Crippen LogP contribution in [-0.2, 0) is 27.8 Å². The highest BCUT2D eigenvalue weighted by atomic mass is 32.2. The summed E-state index contributed by atoms with van der Waals surface area (Å²) in [4.78, 5) is 17.1. The molecule has 1 aromatic heterocycles. The molecule has 0 radical (unpaired) electrons. The Labute approximate surface area is 190 Å². The summed E-state index contributed by atoms with van der Waals surface area (Å²) < 4.78 is 28.7. The quantitative estimate of drug-likeness (QED) is 0.448. The van der Waals surface area contributed by atoms with E-state index in [-0.39, 0.29) is 10.8 Å². The van der Waals surface area contributed by atoms with E-state index in [1.54, 1.807) is 24.3 Å². The fourth-order valence-corrected chi connectivity index (χ4v) is 5.29. The van der Waals surface area contributed by atoms with Crippen LogP contribution < -0.4 is 5.32 Å². The predicted molar refractivity (Wildman–Crippen MR) is 127 cm³/mol. The number of aryl methyl sites for hydroxylation is 3. The smallest absolute Gasteiger partial charge is 0.243 e. The SMILES string of the molecule is CCN(CC)S(=O)(=O)c1ccc(CCC(=O)NCCCn2c(C)nc3ccccc32)cc1. The molecule has 0 aliphatic rings. The van der Waals surface area contributed by atoms with E-state index in [1.807, 2.05) is 39.0 Å². The normalized spacial score (nSPS) is 11.9. The number of para-hydroxylation sites is 2. The fourth-order valence-electron chi connectivity index (χ4n) is 3.83. The minimum atomic E-state index is -3.45. The summed E-state index contributed by atoms with van der Waals surface area (Å²) in [6.07, 6.45) is 1.77. The van der Waals surface area contributed by atoms with Crippen molar-refractivity contribution in [3.8, 4) is 0 Å². The number of aromatic nitrogens is 2. The van der Waals surface area contributed by atoms with Crippen LogP contribution >= 0.6 is 0 Å². The highest BCUT2D eigenvalue weighted by molar-refractivity contribution is 7.89. The summed E-state index contributed by atoms with van der Waals surface area (Å²) in [7, 11) is -3.45. The number of hydrogen-bond acceptors (Lipinski definition) is 4. The van der Waals surface area contributed by atoms with Crippen molar-refractivity contribution in [3.63, 3.8) is 0 Å². The Hall–Kier alpha value is -2.71. The third kappa shape index (κ3) is 5.55. The first kappa shape index (κ1) is 23.9. The second-order valence-electron chi connectivity index (χ2n) is 7.74. The molecule has 0 bridgehead atoms. The Kier molecular flexibility index (Phi) is 8.04. The van der Waals surface area contributed by atoms with E-state index in [0.29, 0.717) is 32.5 Å². The number of fused-ring (bicyclic) bond motifs is 1. The van der Waals surface area contributed by atoms with Crippen molar-refractivity contribution in [2.24, 2.45) is 0 Å². The van der Waals surface area contributed by atoms with Crippen LogP contribution in [0.1, 0.15) is 38.1 Å². The molecule has 0 saturated carbocycles. The second kappa shape index (κ2) is 10.7. The second-order valence-corrected chi connectivity index (χ2v) is 9.67. The average Bonchev–Trinajstić information content (AvgIpc) is 3.11. The van der Waals surface area contributed by atoms with E-state index in [2.05, 4.69) is 20.9 Å². The highest BCUT2D eigenvalue weighted by Gasteiger charge is 2.21. The van der Waals surface area contributed by atoms with Crippen LogP contribution in [0.3, 0.4) is 0 Å². The van der Waals surface area contributed by atoms with Gasteiger partial charge >= 0.3 is 0 Å². The number of amides is 1. The lowest BCUT2D eigenvalue weighted by Gasteiger charge is -2.18. The number of carbonyl (C=O) groups excluding carboxylic acids is 1. The Balaban J connectivity index is 1.44. The van der Waals surface area contributed by atoms with Gasteiger partial charge in [0.25, 0.3) is 0 Å². The average molecular weight is 457 g/mol. The van der Waals surface area contributed by atoms with E-state index in [4.69, 9.17) is 0 Å². The van der Waals surface area contributed by atoms with Crippen molar-refractivity contribution in [2.45, 2.75) is 51.5 Å². The standard InChI is InChI=1S/C24H32N4O3S/c1-4-27(5-2)32(30,31)21-14-11-20(12-15-21)13-16-24(29)25-17-8-18-28-19(3)26-22-9-6-7-10-23(22)28/h6-7,9-12,14-15H,4-5,8,13,16-18H2,1-3H3,(H,25,29). The van der Waals surface area contributed by atoms with Gasteiger partial charge in [-0.1, -0.05) is 38.1 Å². The lowest BCUT2D eigenvalue weighted by Crippen LogP contribution is -2.30. The highest BCUT2D eigenvalue weighted by Crippen LogP contribution is 2.17. The number of carbonyl (C=O) groups is 1. The van der Waals surface area contributed by atoms with Gasteiger partial charge in [-0.2, -0.15) is 4.31 Å². The first-order valence-electron chi connectivity index (χ1n) is 11.1. The minimum Gasteiger partial charge on any atom is -0.356 e. The first-order valence-corrected chi connectivity index (χ1v) is 12.6. The summed E-state index contributed by atoms with van der Waals surface area (Å²) >= 11 is 0. The van der Waals surface area contributed by atoms with Crippen molar-refractivity contribution in [3.05, 3.63) is 59.9 Å². The number of imidazole rings is 1. The van der Waals surface area contributed by atoms with Crippen molar-refractivity contribution in [2.75, 3.05) is 19.6 Å². The minimum absolute atomic E-state index is 0.00273. The van der Waals surface area contributed by atoms with Gasteiger partial charge in [0.1, 0.15) is 5.82 Å². The van der Waals surface area contributed by atoms with Crippen LogP contribution in [0.4, 0.5) is 0 Å². The van der Waals surface area contributed by atoms with Gasteiger partial charge in [0.2, 0.25) is 15.9 Å². The maximum absolute atomic E-state index is 12.6. The molecule has 0 unspecified atom stereocenters. The molecule has 1 heterocycles. The molecule has 0 saturated heterocycles. The molecule has 1 N–H and O–H groups in total. The van der Waals surface area contributed by atoms with Gasteiger partial charge in [0.15, 0.2) is 0 Å². The number of nitrogens with one attached hydrogen (secondary N) is 1. The van der Waals surface area contributed by atoms with Crippen LogP contribution in [0.5, 0.6) is 0 Å². The molecule has 3 rings (SSSR count). The van der Waals surface area contributed by atoms with Crippen LogP contribution in [0.2, 0.25) is 0 Å². The maximum Gasteiger partial charge on any atom is 0.243 e. The van der Waals surface area contributed by atoms with Gasteiger partial charge in [-0.25, -0.2) is 13.4 Å². The Bertz CT molecular complexity index is 1150.